The fourth-order valence-electron chi connectivity index (χ4n) is 2.22. The zero-order valence-corrected chi connectivity index (χ0v) is 6.85. The molecule has 2 atom stereocenters. The molecule has 0 aromatic carbocycles. The SMILES string of the molecule is CC1([C@]2(C)C[C@@H]2CO)CC1. The van der Waals surface area contributed by atoms with E-state index < -0.39 is 0 Å². The first-order chi connectivity index (χ1) is 4.62. The molecule has 0 bridgehead atoms. The average molecular weight is 140 g/mol. The molecule has 0 aromatic rings. The summed E-state index contributed by atoms with van der Waals surface area (Å²) in [4.78, 5) is 0. The molecule has 0 radical (unpaired) electrons. The van der Waals surface area contributed by atoms with Crippen LogP contribution in [-0.2, 0) is 0 Å². The Morgan fingerprint density at radius 3 is 2.30 bits per heavy atom. The summed E-state index contributed by atoms with van der Waals surface area (Å²) >= 11 is 0. The molecular weight excluding hydrogens is 124 g/mol. The highest BCUT2D eigenvalue weighted by Crippen LogP contribution is 2.72. The van der Waals surface area contributed by atoms with Gasteiger partial charge in [-0.3, -0.25) is 0 Å². The number of hydrogen-bond donors (Lipinski definition) is 1. The van der Waals surface area contributed by atoms with Crippen LogP contribution in [0.15, 0.2) is 0 Å². The summed E-state index contributed by atoms with van der Waals surface area (Å²) in [5.74, 6) is 0.625. The largest absolute Gasteiger partial charge is 0.396 e. The van der Waals surface area contributed by atoms with Gasteiger partial charge in [0.15, 0.2) is 0 Å². The predicted molar refractivity (Wildman–Crippen MR) is 40.6 cm³/mol. The molecule has 1 N–H and O–H groups in total. The average Bonchev–Trinajstić information content (AvgIpc) is 2.73. The third kappa shape index (κ3) is 0.619. The van der Waals surface area contributed by atoms with Crippen molar-refractivity contribution in [2.24, 2.45) is 16.7 Å². The van der Waals surface area contributed by atoms with Gasteiger partial charge in [-0.15, -0.1) is 0 Å². The normalized spacial score (nSPS) is 48.9. The van der Waals surface area contributed by atoms with E-state index in [-0.39, 0.29) is 0 Å². The van der Waals surface area contributed by atoms with Gasteiger partial charge in [0, 0.05) is 6.61 Å². The Morgan fingerprint density at radius 2 is 2.00 bits per heavy atom. The molecule has 1 nitrogen and oxygen atoms in total. The van der Waals surface area contributed by atoms with E-state index in [2.05, 4.69) is 13.8 Å². The van der Waals surface area contributed by atoms with Gasteiger partial charge < -0.3 is 5.11 Å². The molecule has 2 fully saturated rings. The zero-order valence-electron chi connectivity index (χ0n) is 6.85. The number of aliphatic hydroxyl groups excluding tert-OH is 1. The summed E-state index contributed by atoms with van der Waals surface area (Å²) in [7, 11) is 0. The monoisotopic (exact) mass is 140 g/mol. The molecule has 10 heavy (non-hydrogen) atoms. The van der Waals surface area contributed by atoms with Crippen molar-refractivity contribution in [1.82, 2.24) is 0 Å². The molecule has 0 aromatic heterocycles. The van der Waals surface area contributed by atoms with Crippen molar-refractivity contribution >= 4 is 0 Å². The highest BCUT2D eigenvalue weighted by Gasteiger charge is 2.65. The van der Waals surface area contributed by atoms with Gasteiger partial charge in [-0.2, -0.15) is 0 Å². The van der Waals surface area contributed by atoms with E-state index in [1.807, 2.05) is 0 Å². The maximum Gasteiger partial charge on any atom is 0.0464 e. The molecule has 58 valence electrons. The minimum Gasteiger partial charge on any atom is -0.396 e. The summed E-state index contributed by atoms with van der Waals surface area (Å²) in [6.45, 7) is 5.11. The third-order valence-electron chi connectivity index (χ3n) is 4.01. The van der Waals surface area contributed by atoms with Crippen molar-refractivity contribution in [3.05, 3.63) is 0 Å². The van der Waals surface area contributed by atoms with Crippen LogP contribution in [0, 0.1) is 16.7 Å². The lowest BCUT2D eigenvalue weighted by Crippen LogP contribution is -2.13. The molecule has 0 spiro atoms. The Balaban J connectivity index is 2.06. The van der Waals surface area contributed by atoms with Gasteiger partial charge in [0.05, 0.1) is 0 Å². The van der Waals surface area contributed by atoms with Gasteiger partial charge in [0.25, 0.3) is 0 Å². The molecule has 2 aliphatic carbocycles. The smallest absolute Gasteiger partial charge is 0.0464 e. The first-order valence-corrected chi connectivity index (χ1v) is 4.23. The zero-order chi connectivity index (χ0) is 7.41. The second kappa shape index (κ2) is 1.58. The van der Waals surface area contributed by atoms with Gasteiger partial charge in [-0.1, -0.05) is 13.8 Å². The number of aliphatic hydroxyl groups is 1. The number of rotatable bonds is 2. The van der Waals surface area contributed by atoms with Gasteiger partial charge in [0.1, 0.15) is 0 Å². The highest BCUT2D eigenvalue weighted by atomic mass is 16.3. The second-order valence-corrected chi connectivity index (χ2v) is 4.56. The molecule has 2 rings (SSSR count). The predicted octanol–water partition coefficient (Wildman–Crippen LogP) is 1.80. The number of hydrogen-bond acceptors (Lipinski definition) is 1. The standard InChI is InChI=1S/C9H16O/c1-8(3-4-8)9(2)5-7(9)6-10/h7,10H,3-6H2,1-2H3/t7-,9-/m1/s1. The lowest BCUT2D eigenvalue weighted by molar-refractivity contribution is 0.218. The van der Waals surface area contributed by atoms with Crippen LogP contribution in [0.4, 0.5) is 0 Å². The van der Waals surface area contributed by atoms with Crippen molar-refractivity contribution < 1.29 is 5.11 Å². The van der Waals surface area contributed by atoms with Crippen LogP contribution in [-0.4, -0.2) is 11.7 Å². The molecule has 0 saturated heterocycles. The van der Waals surface area contributed by atoms with Crippen LogP contribution in [0.2, 0.25) is 0 Å². The van der Waals surface area contributed by atoms with Crippen molar-refractivity contribution in [2.75, 3.05) is 6.61 Å². The van der Waals surface area contributed by atoms with Gasteiger partial charge >= 0.3 is 0 Å². The van der Waals surface area contributed by atoms with E-state index in [9.17, 15) is 0 Å². The molecular formula is C9H16O. The summed E-state index contributed by atoms with van der Waals surface area (Å²) in [5.41, 5.74) is 1.13. The molecule has 1 heteroatoms. The summed E-state index contributed by atoms with van der Waals surface area (Å²) in [6.07, 6.45) is 4.04. The van der Waals surface area contributed by atoms with E-state index in [0.717, 1.165) is 0 Å². The molecule has 0 aliphatic heterocycles. The van der Waals surface area contributed by atoms with Crippen LogP contribution < -0.4 is 0 Å². The first kappa shape index (κ1) is 6.66. The van der Waals surface area contributed by atoms with Gasteiger partial charge in [-0.05, 0) is 36.0 Å². The molecule has 0 amide bonds. The van der Waals surface area contributed by atoms with Crippen LogP contribution in [0.3, 0.4) is 0 Å². The van der Waals surface area contributed by atoms with Gasteiger partial charge in [-0.25, -0.2) is 0 Å². The van der Waals surface area contributed by atoms with E-state index in [1.165, 1.54) is 19.3 Å². The Morgan fingerprint density at radius 1 is 1.40 bits per heavy atom. The fraction of sp³-hybridized carbons (Fsp3) is 1.00. The molecule has 2 saturated carbocycles. The van der Waals surface area contributed by atoms with E-state index in [1.54, 1.807) is 0 Å². The third-order valence-corrected chi connectivity index (χ3v) is 4.01. The van der Waals surface area contributed by atoms with Crippen molar-refractivity contribution in [3.63, 3.8) is 0 Å². The maximum atomic E-state index is 8.93. The summed E-state index contributed by atoms with van der Waals surface area (Å²) < 4.78 is 0. The van der Waals surface area contributed by atoms with Crippen LogP contribution >= 0.6 is 0 Å². The Kier molecular flexibility index (Phi) is 1.05. The van der Waals surface area contributed by atoms with Gasteiger partial charge in [0.2, 0.25) is 0 Å². The first-order valence-electron chi connectivity index (χ1n) is 4.23. The fourth-order valence-corrected chi connectivity index (χ4v) is 2.22. The van der Waals surface area contributed by atoms with Crippen LogP contribution in [0.1, 0.15) is 33.1 Å². The summed E-state index contributed by atoms with van der Waals surface area (Å²) in [5, 5.41) is 8.93. The maximum absolute atomic E-state index is 8.93. The van der Waals surface area contributed by atoms with E-state index in [4.69, 9.17) is 5.11 Å². The molecule has 0 heterocycles. The molecule has 0 unspecified atom stereocenters. The topological polar surface area (TPSA) is 20.2 Å². The summed E-state index contributed by atoms with van der Waals surface area (Å²) in [6, 6.07) is 0. The van der Waals surface area contributed by atoms with Crippen molar-refractivity contribution in [2.45, 2.75) is 33.1 Å². The van der Waals surface area contributed by atoms with E-state index in [0.29, 0.717) is 23.4 Å². The lowest BCUT2D eigenvalue weighted by Gasteiger charge is -2.18. The quantitative estimate of drug-likeness (QED) is 0.620. The second-order valence-electron chi connectivity index (χ2n) is 4.56. The van der Waals surface area contributed by atoms with Crippen LogP contribution in [0.25, 0.3) is 0 Å². The Hall–Kier alpha value is -0.0400. The van der Waals surface area contributed by atoms with Crippen LogP contribution in [0.5, 0.6) is 0 Å². The highest BCUT2D eigenvalue weighted by molar-refractivity contribution is 5.14. The Bertz CT molecular complexity index is 160. The van der Waals surface area contributed by atoms with Crippen molar-refractivity contribution in [1.29, 1.82) is 0 Å². The lowest BCUT2D eigenvalue weighted by atomic mass is 9.87. The Labute approximate surface area is 62.4 Å². The van der Waals surface area contributed by atoms with E-state index >= 15 is 0 Å². The van der Waals surface area contributed by atoms with Crippen molar-refractivity contribution in [3.8, 4) is 0 Å². The minimum atomic E-state index is 0.409. The minimum absolute atomic E-state index is 0.409. The molecule has 2 aliphatic rings.